The van der Waals surface area contributed by atoms with E-state index < -0.39 is 0 Å². The van der Waals surface area contributed by atoms with Gasteiger partial charge in [-0.15, -0.1) is 0 Å². The van der Waals surface area contributed by atoms with Crippen molar-refractivity contribution in [3.8, 4) is 0 Å². The Morgan fingerprint density at radius 2 is 2.21 bits per heavy atom. The zero-order valence-electron chi connectivity index (χ0n) is 10.8. The molecule has 3 N–H and O–H groups in total. The van der Waals surface area contributed by atoms with Gasteiger partial charge in [-0.25, -0.2) is 4.79 Å². The summed E-state index contributed by atoms with van der Waals surface area (Å²) in [6.07, 6.45) is 1.35. The molecule has 1 heterocycles. The molecule has 1 aliphatic rings. The molecule has 104 valence electrons. The lowest BCUT2D eigenvalue weighted by Crippen LogP contribution is -2.43. The summed E-state index contributed by atoms with van der Waals surface area (Å²) in [5.74, 6) is 0. The van der Waals surface area contributed by atoms with Crippen molar-refractivity contribution in [3.63, 3.8) is 0 Å². The highest BCUT2D eigenvalue weighted by Gasteiger charge is 2.20. The number of carbonyl (C=O) groups is 1. The monoisotopic (exact) mass is 264 g/mol. The molecule has 1 fully saturated rings. The lowest BCUT2D eigenvalue weighted by molar-refractivity contribution is 0.187. The van der Waals surface area contributed by atoms with Crippen LogP contribution in [0.15, 0.2) is 30.3 Å². The van der Waals surface area contributed by atoms with Gasteiger partial charge in [0.05, 0.1) is 18.7 Å². The predicted molar refractivity (Wildman–Crippen MR) is 71.8 cm³/mol. The normalized spacial score (nSPS) is 19.9. The number of benzene rings is 1. The maximum atomic E-state index is 11.9. The van der Waals surface area contributed by atoms with E-state index in [4.69, 9.17) is 9.84 Å². The van der Waals surface area contributed by atoms with Gasteiger partial charge in [0.25, 0.3) is 0 Å². The molecular weight excluding hydrogens is 244 g/mol. The van der Waals surface area contributed by atoms with Crippen LogP contribution in [0.1, 0.15) is 24.4 Å². The zero-order chi connectivity index (χ0) is 13.5. The number of amides is 2. The highest BCUT2D eigenvalue weighted by Crippen LogP contribution is 2.16. The van der Waals surface area contributed by atoms with Gasteiger partial charge in [0, 0.05) is 13.2 Å². The molecule has 0 spiro atoms. The Morgan fingerprint density at radius 1 is 1.42 bits per heavy atom. The third kappa shape index (κ3) is 4.22. The Bertz CT molecular complexity index is 391. The third-order valence-electron chi connectivity index (χ3n) is 3.19. The smallest absolute Gasteiger partial charge is 0.315 e. The summed E-state index contributed by atoms with van der Waals surface area (Å²) < 4.78 is 5.21. The largest absolute Gasteiger partial charge is 0.396 e. The van der Waals surface area contributed by atoms with Crippen molar-refractivity contribution in [1.82, 2.24) is 10.6 Å². The van der Waals surface area contributed by atoms with Crippen molar-refractivity contribution in [2.24, 2.45) is 0 Å². The molecule has 0 aliphatic carbocycles. The molecule has 1 saturated heterocycles. The first-order valence-electron chi connectivity index (χ1n) is 6.60. The molecule has 19 heavy (non-hydrogen) atoms. The fourth-order valence-electron chi connectivity index (χ4n) is 2.17. The summed E-state index contributed by atoms with van der Waals surface area (Å²) in [4.78, 5) is 11.9. The molecule has 2 amide bonds. The second kappa shape index (κ2) is 7.11. The summed E-state index contributed by atoms with van der Waals surface area (Å²) in [5.41, 5.74) is 0.995. The minimum Gasteiger partial charge on any atom is -0.396 e. The summed E-state index contributed by atoms with van der Waals surface area (Å²) in [7, 11) is 0. The van der Waals surface area contributed by atoms with Crippen LogP contribution in [0, 0.1) is 0 Å². The van der Waals surface area contributed by atoms with Gasteiger partial charge in [-0.05, 0) is 18.4 Å². The quantitative estimate of drug-likeness (QED) is 0.748. The first kappa shape index (κ1) is 13.8. The molecule has 2 atom stereocenters. The van der Waals surface area contributed by atoms with E-state index in [0.717, 1.165) is 12.0 Å². The van der Waals surface area contributed by atoms with E-state index in [-0.39, 0.29) is 24.7 Å². The van der Waals surface area contributed by atoms with Gasteiger partial charge >= 0.3 is 6.03 Å². The molecule has 1 aromatic rings. The van der Waals surface area contributed by atoms with Gasteiger partial charge in [0.2, 0.25) is 0 Å². The number of rotatable bonds is 5. The van der Waals surface area contributed by atoms with E-state index in [0.29, 0.717) is 19.6 Å². The van der Waals surface area contributed by atoms with Crippen LogP contribution in [0.5, 0.6) is 0 Å². The maximum absolute atomic E-state index is 11.9. The van der Waals surface area contributed by atoms with Crippen LogP contribution in [0.2, 0.25) is 0 Å². The van der Waals surface area contributed by atoms with Crippen LogP contribution in [-0.2, 0) is 4.74 Å². The van der Waals surface area contributed by atoms with Crippen LogP contribution < -0.4 is 10.6 Å². The zero-order valence-corrected chi connectivity index (χ0v) is 10.8. The highest BCUT2D eigenvalue weighted by molar-refractivity contribution is 5.74. The minimum absolute atomic E-state index is 0.0341. The number of hydrogen-bond acceptors (Lipinski definition) is 3. The minimum atomic E-state index is -0.210. The summed E-state index contributed by atoms with van der Waals surface area (Å²) in [6, 6.07) is 9.36. The van der Waals surface area contributed by atoms with Crippen LogP contribution in [0.4, 0.5) is 4.79 Å². The molecule has 1 unspecified atom stereocenters. The van der Waals surface area contributed by atoms with E-state index in [2.05, 4.69) is 10.6 Å². The van der Waals surface area contributed by atoms with Crippen LogP contribution >= 0.6 is 0 Å². The Kier molecular flexibility index (Phi) is 5.18. The molecule has 5 heteroatoms. The van der Waals surface area contributed by atoms with Crippen molar-refractivity contribution < 1.29 is 14.6 Å². The summed E-state index contributed by atoms with van der Waals surface area (Å²) in [6.45, 7) is 1.31. The first-order chi connectivity index (χ1) is 9.29. The number of aliphatic hydroxyl groups excluding tert-OH is 1. The highest BCUT2D eigenvalue weighted by atomic mass is 16.5. The van der Waals surface area contributed by atoms with Gasteiger partial charge in [0.15, 0.2) is 0 Å². The number of carbonyl (C=O) groups excluding carboxylic acids is 1. The van der Waals surface area contributed by atoms with Gasteiger partial charge < -0.3 is 20.5 Å². The van der Waals surface area contributed by atoms with Crippen LogP contribution in [0.3, 0.4) is 0 Å². The Balaban J connectivity index is 1.90. The van der Waals surface area contributed by atoms with Gasteiger partial charge in [-0.3, -0.25) is 0 Å². The standard InChI is InChI=1S/C14H20N2O3/c17-8-6-13(11-4-2-1-3-5-11)16-14(18)15-12-7-9-19-10-12/h1-5,12-13,17H,6-10H2,(H2,15,16,18)/t12?,13-/m1/s1. The van der Waals surface area contributed by atoms with E-state index in [9.17, 15) is 4.79 Å². The van der Waals surface area contributed by atoms with E-state index in [1.54, 1.807) is 0 Å². The number of aliphatic hydroxyl groups is 1. The maximum Gasteiger partial charge on any atom is 0.315 e. The molecule has 1 aromatic carbocycles. The predicted octanol–water partition coefficient (Wildman–Crippen LogP) is 1.20. The summed E-state index contributed by atoms with van der Waals surface area (Å²) >= 11 is 0. The molecule has 2 rings (SSSR count). The molecule has 1 aliphatic heterocycles. The number of ether oxygens (including phenoxy) is 1. The Labute approximate surface area is 113 Å². The molecule has 0 saturated carbocycles. The van der Waals surface area contributed by atoms with Gasteiger partial charge in [-0.2, -0.15) is 0 Å². The van der Waals surface area contributed by atoms with E-state index >= 15 is 0 Å². The van der Waals surface area contributed by atoms with Crippen LogP contribution in [0.25, 0.3) is 0 Å². The Morgan fingerprint density at radius 3 is 2.84 bits per heavy atom. The number of urea groups is 1. The second-order valence-corrected chi connectivity index (χ2v) is 4.65. The fraction of sp³-hybridized carbons (Fsp3) is 0.500. The van der Waals surface area contributed by atoms with Crippen molar-refractivity contribution in [3.05, 3.63) is 35.9 Å². The first-order valence-corrected chi connectivity index (χ1v) is 6.60. The van der Waals surface area contributed by atoms with Crippen molar-refractivity contribution in [2.45, 2.75) is 24.9 Å². The van der Waals surface area contributed by atoms with Gasteiger partial charge in [-0.1, -0.05) is 30.3 Å². The van der Waals surface area contributed by atoms with Crippen molar-refractivity contribution in [1.29, 1.82) is 0 Å². The fourth-order valence-corrected chi connectivity index (χ4v) is 2.17. The molecule has 0 bridgehead atoms. The molecule has 0 radical (unpaired) electrons. The average Bonchev–Trinajstić information content (AvgIpc) is 2.92. The SMILES string of the molecule is O=C(NC1CCOC1)N[C@H](CCO)c1ccccc1. The molecule has 0 aromatic heterocycles. The molecule has 5 nitrogen and oxygen atoms in total. The lowest BCUT2D eigenvalue weighted by Gasteiger charge is -2.20. The average molecular weight is 264 g/mol. The van der Waals surface area contributed by atoms with Crippen molar-refractivity contribution in [2.75, 3.05) is 19.8 Å². The van der Waals surface area contributed by atoms with Crippen LogP contribution in [-0.4, -0.2) is 37.0 Å². The topological polar surface area (TPSA) is 70.6 Å². The van der Waals surface area contributed by atoms with Crippen molar-refractivity contribution >= 4 is 6.03 Å². The van der Waals surface area contributed by atoms with Gasteiger partial charge in [0.1, 0.15) is 0 Å². The summed E-state index contributed by atoms with van der Waals surface area (Å²) in [5, 5.41) is 14.9. The second-order valence-electron chi connectivity index (χ2n) is 4.65. The lowest BCUT2D eigenvalue weighted by atomic mass is 10.0. The number of nitrogens with one attached hydrogen (secondary N) is 2. The van der Waals surface area contributed by atoms with E-state index in [1.807, 2.05) is 30.3 Å². The Hall–Kier alpha value is -1.59. The molecular formula is C14H20N2O3. The van der Waals surface area contributed by atoms with E-state index in [1.165, 1.54) is 0 Å². The number of hydrogen-bond donors (Lipinski definition) is 3. The third-order valence-corrected chi connectivity index (χ3v) is 3.19.